The lowest BCUT2D eigenvalue weighted by molar-refractivity contribution is 0.594. The number of sulfone groups is 1. The molecule has 5 nitrogen and oxygen atoms in total. The van der Waals surface area contributed by atoms with Gasteiger partial charge < -0.3 is 4.98 Å². The summed E-state index contributed by atoms with van der Waals surface area (Å²) in [7, 11) is -3.93. The highest BCUT2D eigenvalue weighted by atomic mass is 35.5. The maximum Gasteiger partial charge on any atom is 0.270 e. The summed E-state index contributed by atoms with van der Waals surface area (Å²) in [4.78, 5) is 15.9. The van der Waals surface area contributed by atoms with Gasteiger partial charge in [-0.15, -0.1) is 0 Å². The van der Waals surface area contributed by atoms with Gasteiger partial charge in [0.1, 0.15) is 0 Å². The Labute approximate surface area is 119 Å². The van der Waals surface area contributed by atoms with Gasteiger partial charge in [0.2, 0.25) is 9.84 Å². The molecule has 0 spiro atoms. The maximum atomic E-state index is 12.3. The second kappa shape index (κ2) is 4.92. The van der Waals surface area contributed by atoms with Gasteiger partial charge in [-0.25, -0.2) is 8.42 Å². The third-order valence-electron chi connectivity index (χ3n) is 2.53. The number of halogens is 1. The fourth-order valence-electron chi connectivity index (χ4n) is 1.46. The van der Waals surface area contributed by atoms with Gasteiger partial charge in [0.05, 0.1) is 4.90 Å². The normalized spacial score (nSPS) is 11.5. The van der Waals surface area contributed by atoms with Crippen LogP contribution in [-0.2, 0) is 9.84 Å². The fourth-order valence-corrected chi connectivity index (χ4v) is 3.14. The molecule has 19 heavy (non-hydrogen) atoms. The second-order valence-electron chi connectivity index (χ2n) is 3.85. The van der Waals surface area contributed by atoms with Crippen molar-refractivity contribution in [3.05, 3.63) is 50.1 Å². The molecule has 2 N–H and O–H groups in total. The maximum absolute atomic E-state index is 12.3. The molecule has 0 bridgehead atoms. The summed E-state index contributed by atoms with van der Waals surface area (Å²) in [5.41, 5.74) is -0.0116. The molecule has 0 aliphatic heterocycles. The predicted octanol–water partition coefficient (Wildman–Crippen LogP) is 2.23. The second-order valence-corrected chi connectivity index (χ2v) is 6.58. The van der Waals surface area contributed by atoms with Crippen LogP contribution in [0.4, 0.5) is 0 Å². The largest absolute Gasteiger partial charge is 0.337 e. The molecule has 0 atom stereocenters. The van der Waals surface area contributed by atoms with E-state index in [2.05, 4.69) is 9.97 Å². The van der Waals surface area contributed by atoms with Crippen molar-refractivity contribution in [2.75, 3.05) is 0 Å². The van der Waals surface area contributed by atoms with Crippen molar-refractivity contribution in [3.8, 4) is 0 Å². The molecule has 1 aromatic heterocycles. The van der Waals surface area contributed by atoms with E-state index < -0.39 is 20.3 Å². The average Bonchev–Trinajstić information content (AvgIpc) is 2.32. The molecule has 0 aliphatic rings. The number of hydrogen-bond donors (Lipinski definition) is 2. The van der Waals surface area contributed by atoms with Crippen LogP contribution in [0.1, 0.15) is 5.56 Å². The van der Waals surface area contributed by atoms with Gasteiger partial charge in [-0.1, -0.05) is 17.7 Å². The highest BCUT2D eigenvalue weighted by Crippen LogP contribution is 2.23. The van der Waals surface area contributed by atoms with Crippen LogP contribution in [0.2, 0.25) is 5.02 Å². The van der Waals surface area contributed by atoms with Crippen LogP contribution in [0.3, 0.4) is 0 Å². The quantitative estimate of drug-likeness (QED) is 0.832. The minimum atomic E-state index is -3.93. The summed E-state index contributed by atoms with van der Waals surface area (Å²) in [5, 5.41) is 0.321. The monoisotopic (exact) mass is 316 g/mol. The van der Waals surface area contributed by atoms with Crippen molar-refractivity contribution in [1.82, 2.24) is 9.97 Å². The molecule has 100 valence electrons. The number of H-pyrrole nitrogens is 2. The predicted molar refractivity (Wildman–Crippen MR) is 73.9 cm³/mol. The lowest BCUT2D eigenvalue weighted by Crippen LogP contribution is -2.18. The Balaban J connectivity index is 2.68. The third kappa shape index (κ3) is 2.63. The SMILES string of the molecule is Cc1ccc(S(=O)(=O)c2c[nH]c(=S)[nH]c2=O)cc1Cl. The van der Waals surface area contributed by atoms with Crippen molar-refractivity contribution in [2.24, 2.45) is 0 Å². The van der Waals surface area contributed by atoms with Gasteiger partial charge in [-0.3, -0.25) is 9.78 Å². The first-order chi connectivity index (χ1) is 8.82. The van der Waals surface area contributed by atoms with Crippen LogP contribution >= 0.6 is 23.8 Å². The first-order valence-corrected chi connectivity index (χ1v) is 7.42. The van der Waals surface area contributed by atoms with E-state index in [1.807, 2.05) is 0 Å². The highest BCUT2D eigenvalue weighted by molar-refractivity contribution is 7.91. The lowest BCUT2D eigenvalue weighted by atomic mass is 10.2. The molecule has 0 radical (unpaired) electrons. The molecule has 0 saturated carbocycles. The zero-order valence-corrected chi connectivity index (χ0v) is 12.1. The number of nitrogens with one attached hydrogen (secondary N) is 2. The van der Waals surface area contributed by atoms with E-state index in [0.29, 0.717) is 5.02 Å². The Morgan fingerprint density at radius 3 is 2.58 bits per heavy atom. The zero-order valence-electron chi connectivity index (χ0n) is 9.73. The molecule has 0 saturated heterocycles. The molecule has 1 heterocycles. The number of aryl methyl sites for hydroxylation is 1. The standard InChI is InChI=1S/C11H9ClN2O3S2/c1-6-2-3-7(4-8(6)12)19(16,17)9-5-13-11(18)14-10(9)15/h2-5H,1H3,(H2,13,14,15,18). The van der Waals surface area contributed by atoms with Crippen LogP contribution in [0, 0.1) is 11.7 Å². The van der Waals surface area contributed by atoms with Crippen LogP contribution in [0.25, 0.3) is 0 Å². The summed E-state index contributed by atoms with van der Waals surface area (Å²) in [5.74, 6) is 0. The molecular formula is C11H9ClN2O3S2. The van der Waals surface area contributed by atoms with Crippen molar-refractivity contribution in [3.63, 3.8) is 0 Å². The first kappa shape index (κ1) is 14.0. The summed E-state index contributed by atoms with van der Waals surface area (Å²) in [6.45, 7) is 1.76. The van der Waals surface area contributed by atoms with Gasteiger partial charge in [0.25, 0.3) is 5.56 Å². The molecule has 1 aromatic carbocycles. The highest BCUT2D eigenvalue weighted by Gasteiger charge is 2.22. The van der Waals surface area contributed by atoms with Gasteiger partial charge in [-0.2, -0.15) is 0 Å². The fraction of sp³-hybridized carbons (Fsp3) is 0.0909. The first-order valence-electron chi connectivity index (χ1n) is 5.15. The van der Waals surface area contributed by atoms with Crippen molar-refractivity contribution in [2.45, 2.75) is 16.7 Å². The Morgan fingerprint density at radius 2 is 2.00 bits per heavy atom. The van der Waals surface area contributed by atoms with E-state index in [-0.39, 0.29) is 9.67 Å². The summed E-state index contributed by atoms with van der Waals surface area (Å²) in [6, 6.07) is 4.29. The summed E-state index contributed by atoms with van der Waals surface area (Å²) in [6.07, 6.45) is 1.07. The number of aromatic amines is 2. The molecule has 0 aliphatic carbocycles. The Hall–Kier alpha value is -1.44. The Morgan fingerprint density at radius 1 is 1.32 bits per heavy atom. The van der Waals surface area contributed by atoms with E-state index in [1.165, 1.54) is 12.1 Å². The van der Waals surface area contributed by atoms with E-state index in [1.54, 1.807) is 13.0 Å². The topological polar surface area (TPSA) is 82.8 Å². The van der Waals surface area contributed by atoms with E-state index >= 15 is 0 Å². The summed E-state index contributed by atoms with van der Waals surface area (Å²) >= 11 is 10.6. The number of rotatable bonds is 2. The van der Waals surface area contributed by atoms with Gasteiger partial charge >= 0.3 is 0 Å². The molecule has 8 heteroatoms. The molecule has 2 aromatic rings. The van der Waals surface area contributed by atoms with Gasteiger partial charge in [-0.05, 0) is 36.8 Å². The van der Waals surface area contributed by atoms with Crippen LogP contribution < -0.4 is 5.56 Å². The number of hydrogen-bond acceptors (Lipinski definition) is 4. The van der Waals surface area contributed by atoms with Gasteiger partial charge in [0, 0.05) is 11.2 Å². The average molecular weight is 317 g/mol. The smallest absolute Gasteiger partial charge is 0.270 e. The van der Waals surface area contributed by atoms with Crippen molar-refractivity contribution in [1.29, 1.82) is 0 Å². The third-order valence-corrected chi connectivity index (χ3v) is 4.91. The molecule has 0 fully saturated rings. The number of benzene rings is 1. The Bertz CT molecular complexity index is 853. The van der Waals surface area contributed by atoms with Crippen LogP contribution in [0.5, 0.6) is 0 Å². The van der Waals surface area contributed by atoms with Crippen molar-refractivity contribution < 1.29 is 8.42 Å². The lowest BCUT2D eigenvalue weighted by Gasteiger charge is -2.05. The molecule has 0 unspecified atom stereocenters. The summed E-state index contributed by atoms with van der Waals surface area (Å²) < 4.78 is 24.7. The molecule has 2 rings (SSSR count). The zero-order chi connectivity index (χ0) is 14.2. The molecular weight excluding hydrogens is 308 g/mol. The van der Waals surface area contributed by atoms with E-state index in [0.717, 1.165) is 11.8 Å². The van der Waals surface area contributed by atoms with Crippen LogP contribution in [-0.4, -0.2) is 18.4 Å². The van der Waals surface area contributed by atoms with Crippen LogP contribution in [0.15, 0.2) is 39.0 Å². The minimum absolute atomic E-state index is 0.0425. The number of aromatic nitrogens is 2. The van der Waals surface area contributed by atoms with Gasteiger partial charge in [0.15, 0.2) is 9.67 Å². The van der Waals surface area contributed by atoms with Crippen molar-refractivity contribution >= 4 is 33.7 Å². The van der Waals surface area contributed by atoms with E-state index in [4.69, 9.17) is 23.8 Å². The minimum Gasteiger partial charge on any atom is -0.337 e. The molecule has 0 amide bonds. The Kier molecular flexibility index (Phi) is 3.62. The van der Waals surface area contributed by atoms with E-state index in [9.17, 15) is 13.2 Å².